The number of carbonyl (C=O) groups is 2. The molecule has 1 aliphatic heterocycles. The Hall–Kier alpha value is -1.99. The zero-order valence-electron chi connectivity index (χ0n) is 14.1. The number of fused-ring (bicyclic) bond motifs is 1. The van der Waals surface area contributed by atoms with E-state index in [1.54, 1.807) is 24.0 Å². The quantitative estimate of drug-likeness (QED) is 0.900. The van der Waals surface area contributed by atoms with Crippen molar-refractivity contribution in [2.45, 2.75) is 32.4 Å². The molecule has 1 saturated heterocycles. The number of halogens is 1. The zero-order valence-corrected chi connectivity index (χ0v) is 14.9. The van der Waals surface area contributed by atoms with E-state index >= 15 is 0 Å². The normalized spacial score (nSPS) is 20.8. The van der Waals surface area contributed by atoms with E-state index in [4.69, 9.17) is 4.74 Å². The number of amides is 1. The van der Waals surface area contributed by atoms with Gasteiger partial charge in [0.15, 0.2) is 0 Å². The van der Waals surface area contributed by atoms with E-state index in [-0.39, 0.29) is 18.3 Å². The van der Waals surface area contributed by atoms with Crippen molar-refractivity contribution in [1.29, 1.82) is 0 Å². The van der Waals surface area contributed by atoms with Crippen LogP contribution in [0, 0.1) is 11.7 Å². The predicted octanol–water partition coefficient (Wildman–Crippen LogP) is 3.51. The highest BCUT2D eigenvalue weighted by atomic mass is 32.1. The van der Waals surface area contributed by atoms with Crippen LogP contribution in [-0.2, 0) is 16.1 Å². The number of ether oxygens (including phenoxy) is 1. The number of carbonyl (C=O) groups excluding carboxylic acids is 1. The number of likely N-dealkylation sites (tertiary alicyclic amines) is 1. The summed E-state index contributed by atoms with van der Waals surface area (Å²) in [5.74, 6) is -2.08. The largest absolute Gasteiger partial charge is 0.481 e. The van der Waals surface area contributed by atoms with Crippen molar-refractivity contribution in [2.75, 3.05) is 13.7 Å². The number of thiophene rings is 1. The van der Waals surface area contributed by atoms with Crippen molar-refractivity contribution in [3.63, 3.8) is 0 Å². The molecule has 0 saturated carbocycles. The SMILES string of the molecule is COCc1c(C(=O)N2CCC[C@H](C(=O)O)[C@@H]2C)sc2cccc(F)c12. The van der Waals surface area contributed by atoms with Gasteiger partial charge in [0.2, 0.25) is 0 Å². The Labute approximate surface area is 149 Å². The lowest BCUT2D eigenvalue weighted by Crippen LogP contribution is -2.49. The highest BCUT2D eigenvalue weighted by Gasteiger charge is 2.37. The van der Waals surface area contributed by atoms with Crippen LogP contribution >= 0.6 is 11.3 Å². The first kappa shape index (κ1) is 17.8. The molecule has 1 fully saturated rings. The first-order valence-corrected chi connectivity index (χ1v) is 9.00. The molecule has 1 amide bonds. The molecule has 1 aromatic heterocycles. The lowest BCUT2D eigenvalue weighted by atomic mass is 9.90. The van der Waals surface area contributed by atoms with Crippen molar-refractivity contribution in [2.24, 2.45) is 5.92 Å². The third kappa shape index (κ3) is 3.14. The molecule has 2 atom stereocenters. The van der Waals surface area contributed by atoms with Crippen LogP contribution in [0.4, 0.5) is 4.39 Å². The molecule has 25 heavy (non-hydrogen) atoms. The molecule has 7 heteroatoms. The highest BCUT2D eigenvalue weighted by Crippen LogP contribution is 2.36. The topological polar surface area (TPSA) is 66.8 Å². The molecule has 5 nitrogen and oxygen atoms in total. The Morgan fingerprint density at radius 3 is 2.88 bits per heavy atom. The van der Waals surface area contributed by atoms with Crippen LogP contribution in [0.25, 0.3) is 10.1 Å². The minimum atomic E-state index is -0.885. The highest BCUT2D eigenvalue weighted by molar-refractivity contribution is 7.21. The standard InChI is InChI=1S/C18H20FNO4S/c1-10-11(18(22)23)5-4-8-20(10)17(21)16-12(9-24-2)15-13(19)6-3-7-14(15)25-16/h3,6-7,10-11H,4-5,8-9H2,1-2H3,(H,22,23)/t10-,11-/m0/s1. The Kier molecular flexibility index (Phi) is 5.06. The third-order valence-corrected chi connectivity index (χ3v) is 6.00. The zero-order chi connectivity index (χ0) is 18.1. The van der Waals surface area contributed by atoms with Gasteiger partial charge in [0.1, 0.15) is 5.82 Å². The number of carboxylic acid groups (broad SMARTS) is 1. The van der Waals surface area contributed by atoms with Crippen molar-refractivity contribution in [3.8, 4) is 0 Å². The van der Waals surface area contributed by atoms with Gasteiger partial charge in [-0.3, -0.25) is 9.59 Å². The third-order valence-electron chi connectivity index (χ3n) is 4.81. The fourth-order valence-corrected chi connectivity index (χ4v) is 4.69. The molecule has 1 aliphatic rings. The molecular formula is C18H20FNO4S. The van der Waals surface area contributed by atoms with Crippen molar-refractivity contribution < 1.29 is 23.8 Å². The average Bonchev–Trinajstić information content (AvgIpc) is 2.94. The maximum atomic E-state index is 14.3. The maximum absolute atomic E-state index is 14.3. The molecule has 134 valence electrons. The monoisotopic (exact) mass is 365 g/mol. The van der Waals surface area contributed by atoms with Crippen molar-refractivity contribution >= 4 is 33.3 Å². The molecule has 2 aromatic rings. The average molecular weight is 365 g/mol. The molecule has 3 rings (SSSR count). The lowest BCUT2D eigenvalue weighted by molar-refractivity contribution is -0.144. The van der Waals surface area contributed by atoms with E-state index in [9.17, 15) is 19.1 Å². The van der Waals surface area contributed by atoms with E-state index in [2.05, 4.69) is 0 Å². The molecule has 0 spiro atoms. The van der Waals surface area contributed by atoms with Crippen molar-refractivity contribution in [3.05, 3.63) is 34.5 Å². The number of carboxylic acids is 1. The van der Waals surface area contributed by atoms with Gasteiger partial charge in [-0.1, -0.05) is 6.07 Å². The summed E-state index contributed by atoms with van der Waals surface area (Å²) in [6.07, 6.45) is 1.21. The van der Waals surface area contributed by atoms with E-state index in [1.807, 2.05) is 0 Å². The summed E-state index contributed by atoms with van der Waals surface area (Å²) in [4.78, 5) is 26.6. The number of benzene rings is 1. The van der Waals surface area contributed by atoms with E-state index in [1.165, 1.54) is 24.5 Å². The lowest BCUT2D eigenvalue weighted by Gasteiger charge is -2.37. The van der Waals surface area contributed by atoms with Gasteiger partial charge >= 0.3 is 5.97 Å². The first-order valence-electron chi connectivity index (χ1n) is 8.18. The van der Waals surface area contributed by atoms with E-state index < -0.39 is 17.9 Å². The molecule has 2 heterocycles. The molecule has 0 bridgehead atoms. The summed E-state index contributed by atoms with van der Waals surface area (Å²) in [6, 6.07) is 4.36. The number of rotatable bonds is 4. The summed E-state index contributed by atoms with van der Waals surface area (Å²) in [7, 11) is 1.50. The molecular weight excluding hydrogens is 345 g/mol. The minimum Gasteiger partial charge on any atom is -0.481 e. The van der Waals surface area contributed by atoms with Gasteiger partial charge < -0.3 is 14.7 Å². The molecule has 0 radical (unpaired) electrons. The number of methoxy groups -OCH3 is 1. The van der Waals surface area contributed by atoms with Crippen LogP contribution in [-0.4, -0.2) is 41.6 Å². The Bertz CT molecular complexity index is 819. The predicted molar refractivity (Wildman–Crippen MR) is 93.4 cm³/mol. The Morgan fingerprint density at radius 2 is 2.20 bits per heavy atom. The summed E-state index contributed by atoms with van der Waals surface area (Å²) in [5.41, 5.74) is 0.537. The van der Waals surface area contributed by atoms with Crippen LogP contribution in [0.1, 0.15) is 35.0 Å². The van der Waals surface area contributed by atoms with E-state index in [0.717, 1.165) is 0 Å². The van der Waals surface area contributed by atoms with Gasteiger partial charge in [-0.15, -0.1) is 11.3 Å². The van der Waals surface area contributed by atoms with Gasteiger partial charge in [0.25, 0.3) is 5.91 Å². The molecule has 1 aromatic carbocycles. The van der Waals surface area contributed by atoms with Crippen LogP contribution in [0.15, 0.2) is 18.2 Å². The maximum Gasteiger partial charge on any atom is 0.308 e. The van der Waals surface area contributed by atoms with Gasteiger partial charge in [0.05, 0.1) is 17.4 Å². The van der Waals surface area contributed by atoms with Gasteiger partial charge in [0, 0.05) is 35.3 Å². The number of nitrogens with zero attached hydrogens (tertiary/aromatic N) is 1. The number of piperidine rings is 1. The minimum absolute atomic E-state index is 0.132. The number of hydrogen-bond acceptors (Lipinski definition) is 4. The Balaban J connectivity index is 2.03. The molecule has 1 N–H and O–H groups in total. The second-order valence-corrected chi connectivity index (χ2v) is 7.33. The van der Waals surface area contributed by atoms with Gasteiger partial charge in [-0.05, 0) is 31.9 Å². The fourth-order valence-electron chi connectivity index (χ4n) is 3.51. The Morgan fingerprint density at radius 1 is 1.44 bits per heavy atom. The second kappa shape index (κ2) is 7.09. The smallest absolute Gasteiger partial charge is 0.308 e. The van der Waals surface area contributed by atoms with Crippen LogP contribution in [0.5, 0.6) is 0 Å². The summed E-state index contributed by atoms with van der Waals surface area (Å²) in [5, 5.41) is 9.78. The van der Waals surface area contributed by atoms with Crippen LogP contribution in [0.2, 0.25) is 0 Å². The summed E-state index contributed by atoms with van der Waals surface area (Å²) in [6.45, 7) is 2.40. The van der Waals surface area contributed by atoms with Crippen LogP contribution in [0.3, 0.4) is 0 Å². The summed E-state index contributed by atoms with van der Waals surface area (Å²) < 4.78 is 20.2. The van der Waals surface area contributed by atoms with Gasteiger partial charge in [-0.25, -0.2) is 4.39 Å². The second-order valence-electron chi connectivity index (χ2n) is 6.28. The first-order chi connectivity index (χ1) is 12.0. The molecule has 0 unspecified atom stereocenters. The van der Waals surface area contributed by atoms with Crippen LogP contribution < -0.4 is 0 Å². The summed E-state index contributed by atoms with van der Waals surface area (Å²) >= 11 is 1.23. The van der Waals surface area contributed by atoms with E-state index in [0.29, 0.717) is 39.9 Å². The fraction of sp³-hybridized carbons (Fsp3) is 0.444. The van der Waals surface area contributed by atoms with Crippen molar-refractivity contribution in [1.82, 2.24) is 4.90 Å². The number of hydrogen-bond donors (Lipinski definition) is 1. The molecule has 0 aliphatic carbocycles. The van der Waals surface area contributed by atoms with Gasteiger partial charge in [-0.2, -0.15) is 0 Å². The number of aliphatic carboxylic acids is 1.